The molecule has 1 nitrogen and oxygen atoms in total. The molecule has 0 saturated carbocycles. The van der Waals surface area contributed by atoms with Crippen molar-refractivity contribution in [3.05, 3.63) is 58.4 Å². The highest BCUT2D eigenvalue weighted by Crippen LogP contribution is 2.38. The van der Waals surface area contributed by atoms with E-state index < -0.39 is 0 Å². The summed E-state index contributed by atoms with van der Waals surface area (Å²) >= 11 is 5.98. The first-order valence-corrected chi connectivity index (χ1v) is 7.38. The van der Waals surface area contributed by atoms with Crippen molar-refractivity contribution in [1.82, 2.24) is 5.32 Å². The average Bonchev–Trinajstić information content (AvgIpc) is 2.81. The van der Waals surface area contributed by atoms with Crippen molar-refractivity contribution in [3.8, 4) is 11.1 Å². The zero-order valence-corrected chi connectivity index (χ0v) is 12.2. The van der Waals surface area contributed by atoms with Gasteiger partial charge in [-0.05, 0) is 59.8 Å². The molecule has 1 N–H and O–H groups in total. The lowest BCUT2D eigenvalue weighted by molar-refractivity contribution is 0.549. The van der Waals surface area contributed by atoms with Crippen LogP contribution in [-0.4, -0.2) is 6.54 Å². The van der Waals surface area contributed by atoms with E-state index in [1.54, 1.807) is 6.07 Å². The van der Waals surface area contributed by atoms with Crippen molar-refractivity contribution in [2.45, 2.75) is 25.8 Å². The maximum absolute atomic E-state index is 13.6. The monoisotopic (exact) mass is 289 g/mol. The van der Waals surface area contributed by atoms with Gasteiger partial charge in [0.2, 0.25) is 0 Å². The first-order valence-electron chi connectivity index (χ1n) is 7.00. The van der Waals surface area contributed by atoms with E-state index in [0.29, 0.717) is 11.1 Å². The molecule has 20 heavy (non-hydrogen) atoms. The fourth-order valence-corrected chi connectivity index (χ4v) is 3.31. The molecule has 0 aliphatic heterocycles. The average molecular weight is 290 g/mol. The molecule has 0 spiro atoms. The first kappa shape index (κ1) is 13.6. The van der Waals surface area contributed by atoms with Crippen molar-refractivity contribution < 1.29 is 4.39 Å². The zero-order chi connectivity index (χ0) is 14.1. The molecule has 1 aliphatic rings. The van der Waals surface area contributed by atoms with Gasteiger partial charge in [-0.25, -0.2) is 4.39 Å². The van der Waals surface area contributed by atoms with Crippen LogP contribution in [0.3, 0.4) is 0 Å². The van der Waals surface area contributed by atoms with Crippen LogP contribution in [0, 0.1) is 5.82 Å². The largest absolute Gasteiger partial charge is 0.310 e. The highest BCUT2D eigenvalue weighted by atomic mass is 35.5. The van der Waals surface area contributed by atoms with E-state index >= 15 is 0 Å². The van der Waals surface area contributed by atoms with Gasteiger partial charge in [-0.2, -0.15) is 0 Å². The van der Waals surface area contributed by atoms with Crippen LogP contribution in [0.4, 0.5) is 4.39 Å². The molecular formula is C17H17ClFN. The number of rotatable bonds is 3. The lowest BCUT2D eigenvalue weighted by Gasteiger charge is -2.14. The maximum Gasteiger partial charge on any atom is 0.125 e. The van der Waals surface area contributed by atoms with Crippen LogP contribution in [-0.2, 0) is 6.42 Å². The van der Waals surface area contributed by atoms with Crippen molar-refractivity contribution in [3.63, 3.8) is 0 Å². The summed E-state index contributed by atoms with van der Waals surface area (Å²) in [6.07, 6.45) is 2.13. The summed E-state index contributed by atoms with van der Waals surface area (Å²) < 4.78 is 13.6. The Bertz CT molecular complexity index is 619. The summed E-state index contributed by atoms with van der Waals surface area (Å²) in [4.78, 5) is 0. The lowest BCUT2D eigenvalue weighted by atomic mass is 9.96. The van der Waals surface area contributed by atoms with E-state index in [1.165, 1.54) is 17.2 Å². The Kier molecular flexibility index (Phi) is 3.77. The van der Waals surface area contributed by atoms with Gasteiger partial charge in [0.05, 0.1) is 0 Å². The van der Waals surface area contributed by atoms with Gasteiger partial charge in [-0.3, -0.25) is 0 Å². The van der Waals surface area contributed by atoms with Crippen LogP contribution in [0.2, 0.25) is 5.02 Å². The lowest BCUT2D eigenvalue weighted by Crippen LogP contribution is -2.18. The topological polar surface area (TPSA) is 12.0 Å². The van der Waals surface area contributed by atoms with Crippen LogP contribution in [0.15, 0.2) is 36.4 Å². The molecule has 0 fully saturated rings. The van der Waals surface area contributed by atoms with Crippen molar-refractivity contribution in [1.29, 1.82) is 0 Å². The second kappa shape index (κ2) is 5.55. The number of fused-ring (bicyclic) bond motifs is 1. The molecule has 1 atom stereocenters. The number of benzene rings is 2. The summed E-state index contributed by atoms with van der Waals surface area (Å²) in [6, 6.07) is 11.4. The Balaban J connectivity index is 2.08. The highest BCUT2D eigenvalue weighted by Gasteiger charge is 2.24. The molecule has 0 heterocycles. The van der Waals surface area contributed by atoms with Gasteiger partial charge in [-0.15, -0.1) is 0 Å². The van der Waals surface area contributed by atoms with E-state index in [0.717, 1.165) is 30.5 Å². The smallest absolute Gasteiger partial charge is 0.125 e. The van der Waals surface area contributed by atoms with Gasteiger partial charge in [0.15, 0.2) is 0 Å². The van der Waals surface area contributed by atoms with E-state index in [9.17, 15) is 4.39 Å². The molecule has 0 aromatic heterocycles. The molecule has 0 radical (unpaired) electrons. The predicted octanol–water partition coefficient (Wildman–Crippen LogP) is 4.74. The van der Waals surface area contributed by atoms with Gasteiger partial charge >= 0.3 is 0 Å². The summed E-state index contributed by atoms with van der Waals surface area (Å²) in [7, 11) is 0. The zero-order valence-electron chi connectivity index (χ0n) is 11.4. The molecule has 3 rings (SSSR count). The minimum Gasteiger partial charge on any atom is -0.310 e. The molecule has 0 bridgehead atoms. The van der Waals surface area contributed by atoms with Gasteiger partial charge in [0, 0.05) is 11.1 Å². The number of hydrogen-bond donors (Lipinski definition) is 1. The number of nitrogens with one attached hydrogen (secondary N) is 1. The molecule has 2 aromatic carbocycles. The third-order valence-corrected chi connectivity index (χ3v) is 4.11. The number of halogens is 2. The highest BCUT2D eigenvalue weighted by molar-refractivity contribution is 6.30. The summed E-state index contributed by atoms with van der Waals surface area (Å²) in [5.41, 5.74) is 4.62. The fourth-order valence-electron chi connectivity index (χ4n) is 3.09. The van der Waals surface area contributed by atoms with Gasteiger partial charge in [-0.1, -0.05) is 36.7 Å². The fraction of sp³-hybridized carbons (Fsp3) is 0.294. The molecule has 2 aromatic rings. The Hall–Kier alpha value is -1.38. The Morgan fingerprint density at radius 2 is 2.15 bits per heavy atom. The third kappa shape index (κ3) is 2.46. The molecule has 0 saturated heterocycles. The molecular weight excluding hydrogens is 273 g/mol. The Morgan fingerprint density at radius 1 is 1.30 bits per heavy atom. The second-order valence-electron chi connectivity index (χ2n) is 5.18. The maximum atomic E-state index is 13.6. The molecule has 1 unspecified atom stereocenters. The van der Waals surface area contributed by atoms with Crippen LogP contribution in [0.5, 0.6) is 0 Å². The Labute approximate surface area is 123 Å². The predicted molar refractivity (Wildman–Crippen MR) is 81.6 cm³/mol. The normalized spacial score (nSPS) is 17.2. The van der Waals surface area contributed by atoms with E-state index in [4.69, 9.17) is 11.6 Å². The van der Waals surface area contributed by atoms with Crippen LogP contribution < -0.4 is 5.32 Å². The summed E-state index contributed by atoms with van der Waals surface area (Å²) in [5, 5.41) is 3.95. The van der Waals surface area contributed by atoms with E-state index in [-0.39, 0.29) is 5.82 Å². The van der Waals surface area contributed by atoms with E-state index in [2.05, 4.69) is 24.4 Å². The molecule has 1 aliphatic carbocycles. The van der Waals surface area contributed by atoms with Crippen molar-refractivity contribution >= 4 is 11.6 Å². The standard InChI is InChI=1S/C17H17ClFN/c1-2-20-17-7-6-15-14(4-3-5-16(15)17)11-8-12(18)10-13(19)9-11/h3-5,8-10,17,20H,2,6-7H2,1H3. The van der Waals surface area contributed by atoms with Crippen molar-refractivity contribution in [2.75, 3.05) is 6.54 Å². The molecule has 104 valence electrons. The van der Waals surface area contributed by atoms with Crippen molar-refractivity contribution in [2.24, 2.45) is 0 Å². The van der Waals surface area contributed by atoms with Crippen LogP contribution >= 0.6 is 11.6 Å². The quantitative estimate of drug-likeness (QED) is 0.860. The van der Waals surface area contributed by atoms with Gasteiger partial charge in [0.1, 0.15) is 5.82 Å². The van der Waals surface area contributed by atoms with Gasteiger partial charge < -0.3 is 5.32 Å². The molecule has 0 amide bonds. The minimum atomic E-state index is -0.286. The third-order valence-electron chi connectivity index (χ3n) is 3.89. The second-order valence-corrected chi connectivity index (χ2v) is 5.62. The SMILES string of the molecule is CCNC1CCc2c(-c3cc(F)cc(Cl)c3)cccc21. The molecule has 3 heteroatoms. The van der Waals surface area contributed by atoms with Crippen LogP contribution in [0.25, 0.3) is 11.1 Å². The minimum absolute atomic E-state index is 0.286. The van der Waals surface area contributed by atoms with E-state index in [1.807, 2.05) is 12.1 Å². The Morgan fingerprint density at radius 3 is 2.90 bits per heavy atom. The summed E-state index contributed by atoms with van der Waals surface area (Å²) in [5.74, 6) is -0.286. The number of hydrogen-bond acceptors (Lipinski definition) is 1. The summed E-state index contributed by atoms with van der Waals surface area (Å²) in [6.45, 7) is 3.08. The first-order chi connectivity index (χ1) is 9.69. The van der Waals surface area contributed by atoms with Crippen LogP contribution in [0.1, 0.15) is 30.5 Å². The van der Waals surface area contributed by atoms with Gasteiger partial charge in [0.25, 0.3) is 0 Å².